The molecular weight excluding hydrogens is 270 g/mol. The number of methoxy groups -OCH3 is 1. The maximum absolute atomic E-state index is 11.6. The van der Waals surface area contributed by atoms with Crippen LogP contribution in [0.2, 0.25) is 0 Å². The Balaban J connectivity index is 2.11. The molecule has 0 saturated carbocycles. The van der Waals surface area contributed by atoms with Crippen molar-refractivity contribution in [2.45, 2.75) is 20.3 Å². The molecule has 1 N–H and O–H groups in total. The molecule has 0 aliphatic heterocycles. The van der Waals surface area contributed by atoms with E-state index in [-0.39, 0.29) is 12.5 Å². The molecule has 0 radical (unpaired) electrons. The fourth-order valence-electron chi connectivity index (χ4n) is 1.80. The Morgan fingerprint density at radius 2 is 2.00 bits per heavy atom. The highest BCUT2D eigenvalue weighted by molar-refractivity contribution is 5.77. The van der Waals surface area contributed by atoms with Gasteiger partial charge in [0.2, 0.25) is 0 Å². The highest BCUT2D eigenvalue weighted by Crippen LogP contribution is 2.18. The van der Waals surface area contributed by atoms with Crippen LogP contribution in [0.4, 0.5) is 0 Å². The molecule has 5 heteroatoms. The van der Waals surface area contributed by atoms with E-state index >= 15 is 0 Å². The molecule has 0 aromatic heterocycles. The first-order chi connectivity index (χ1) is 10.1. The molecule has 0 saturated heterocycles. The van der Waals surface area contributed by atoms with E-state index in [2.05, 4.69) is 5.32 Å². The lowest BCUT2D eigenvalue weighted by Gasteiger charge is -2.10. The number of hydrogen-bond donors (Lipinski definition) is 1. The Bertz CT molecular complexity index is 434. The molecule has 1 aromatic rings. The first kappa shape index (κ1) is 17.5. The molecule has 1 rings (SSSR count). The predicted octanol–water partition coefficient (Wildman–Crippen LogP) is 1.85. The van der Waals surface area contributed by atoms with Gasteiger partial charge in [0.25, 0.3) is 5.91 Å². The molecule has 5 nitrogen and oxygen atoms in total. The molecule has 0 heterocycles. The Morgan fingerprint density at radius 3 is 2.71 bits per heavy atom. The number of ether oxygens (including phenoxy) is 3. The van der Waals surface area contributed by atoms with Gasteiger partial charge < -0.3 is 19.5 Å². The number of carbonyl (C=O) groups is 1. The number of benzene rings is 1. The van der Waals surface area contributed by atoms with Crippen molar-refractivity contribution >= 4 is 5.91 Å². The van der Waals surface area contributed by atoms with Crippen LogP contribution in [0.15, 0.2) is 18.2 Å². The van der Waals surface area contributed by atoms with E-state index in [1.54, 1.807) is 7.11 Å². The van der Waals surface area contributed by atoms with Gasteiger partial charge in [0.15, 0.2) is 6.61 Å². The largest absolute Gasteiger partial charge is 0.484 e. The number of carbonyl (C=O) groups excluding carboxylic acids is 1. The zero-order valence-electron chi connectivity index (χ0n) is 13.1. The topological polar surface area (TPSA) is 56.8 Å². The molecule has 0 fully saturated rings. The maximum Gasteiger partial charge on any atom is 0.257 e. The molecule has 1 amide bonds. The number of aryl methyl sites for hydroxylation is 2. The Morgan fingerprint density at radius 1 is 1.19 bits per heavy atom. The lowest BCUT2D eigenvalue weighted by Crippen LogP contribution is -2.30. The minimum absolute atomic E-state index is 0.0361. The van der Waals surface area contributed by atoms with E-state index < -0.39 is 0 Å². The van der Waals surface area contributed by atoms with Crippen molar-refractivity contribution in [3.8, 4) is 5.75 Å². The van der Waals surface area contributed by atoms with Crippen LogP contribution in [0.3, 0.4) is 0 Å². The molecule has 1 aromatic carbocycles. The van der Waals surface area contributed by atoms with Crippen LogP contribution in [0.25, 0.3) is 0 Å². The third-order valence-corrected chi connectivity index (χ3v) is 2.91. The van der Waals surface area contributed by atoms with Crippen molar-refractivity contribution in [3.05, 3.63) is 29.3 Å². The summed E-state index contributed by atoms with van der Waals surface area (Å²) in [6.45, 7) is 6.41. The summed E-state index contributed by atoms with van der Waals surface area (Å²) in [6.07, 6.45) is 0.777. The van der Waals surface area contributed by atoms with Crippen LogP contribution >= 0.6 is 0 Å². The summed E-state index contributed by atoms with van der Waals surface area (Å²) in [4.78, 5) is 11.6. The van der Waals surface area contributed by atoms with Gasteiger partial charge in [-0.3, -0.25) is 4.79 Å². The summed E-state index contributed by atoms with van der Waals surface area (Å²) < 4.78 is 15.7. The van der Waals surface area contributed by atoms with Gasteiger partial charge in [-0.05, 0) is 31.9 Å². The summed E-state index contributed by atoms with van der Waals surface area (Å²) in [5, 5.41) is 2.80. The van der Waals surface area contributed by atoms with E-state index in [1.165, 1.54) is 5.56 Å². The zero-order valence-corrected chi connectivity index (χ0v) is 13.1. The second-order valence-corrected chi connectivity index (χ2v) is 4.87. The van der Waals surface area contributed by atoms with Crippen LogP contribution < -0.4 is 10.1 Å². The average Bonchev–Trinajstić information content (AvgIpc) is 2.45. The quantitative estimate of drug-likeness (QED) is 0.669. The maximum atomic E-state index is 11.6. The standard InChI is InChI=1S/C16H25NO4/c1-13-5-6-15(14(2)11-13)21-12-16(18)17-7-4-8-20-10-9-19-3/h5-6,11H,4,7-10,12H2,1-3H3,(H,17,18). The van der Waals surface area contributed by atoms with Gasteiger partial charge in [0.1, 0.15) is 5.75 Å². The summed E-state index contributed by atoms with van der Waals surface area (Å²) in [5.41, 5.74) is 2.21. The summed E-state index contributed by atoms with van der Waals surface area (Å²) in [7, 11) is 1.64. The molecule has 21 heavy (non-hydrogen) atoms. The fourth-order valence-corrected chi connectivity index (χ4v) is 1.80. The molecule has 0 unspecified atom stereocenters. The second-order valence-electron chi connectivity index (χ2n) is 4.87. The van der Waals surface area contributed by atoms with Crippen molar-refractivity contribution in [2.75, 3.05) is 40.1 Å². The van der Waals surface area contributed by atoms with E-state index in [4.69, 9.17) is 14.2 Å². The van der Waals surface area contributed by atoms with Crippen molar-refractivity contribution < 1.29 is 19.0 Å². The number of nitrogens with one attached hydrogen (secondary N) is 1. The molecule has 0 aliphatic rings. The monoisotopic (exact) mass is 295 g/mol. The second kappa shape index (κ2) is 10.2. The van der Waals surface area contributed by atoms with Gasteiger partial charge in [0, 0.05) is 20.3 Å². The highest BCUT2D eigenvalue weighted by atomic mass is 16.5. The van der Waals surface area contributed by atoms with Gasteiger partial charge in [-0.1, -0.05) is 17.7 Å². The summed E-state index contributed by atoms with van der Waals surface area (Å²) >= 11 is 0. The lowest BCUT2D eigenvalue weighted by atomic mass is 10.1. The third-order valence-electron chi connectivity index (χ3n) is 2.91. The minimum Gasteiger partial charge on any atom is -0.484 e. The van der Waals surface area contributed by atoms with E-state index in [9.17, 15) is 4.79 Å². The predicted molar refractivity (Wildman–Crippen MR) is 81.7 cm³/mol. The van der Waals surface area contributed by atoms with Crippen LogP contribution in [-0.4, -0.2) is 46.0 Å². The fraction of sp³-hybridized carbons (Fsp3) is 0.562. The van der Waals surface area contributed by atoms with Gasteiger partial charge in [-0.2, -0.15) is 0 Å². The van der Waals surface area contributed by atoms with Crippen molar-refractivity contribution in [2.24, 2.45) is 0 Å². The van der Waals surface area contributed by atoms with Gasteiger partial charge in [0.05, 0.1) is 13.2 Å². The smallest absolute Gasteiger partial charge is 0.257 e. The molecule has 0 aliphatic carbocycles. The van der Waals surface area contributed by atoms with E-state index in [0.29, 0.717) is 26.4 Å². The lowest BCUT2D eigenvalue weighted by molar-refractivity contribution is -0.123. The summed E-state index contributed by atoms with van der Waals surface area (Å²) in [6, 6.07) is 5.89. The van der Waals surface area contributed by atoms with E-state index in [1.807, 2.05) is 32.0 Å². The van der Waals surface area contributed by atoms with Gasteiger partial charge in [-0.15, -0.1) is 0 Å². The van der Waals surface area contributed by atoms with Crippen LogP contribution in [0.5, 0.6) is 5.75 Å². The number of rotatable bonds is 10. The summed E-state index contributed by atoms with van der Waals surface area (Å²) in [5.74, 6) is 0.630. The number of hydrogen-bond acceptors (Lipinski definition) is 4. The van der Waals surface area contributed by atoms with Crippen molar-refractivity contribution in [3.63, 3.8) is 0 Å². The van der Waals surface area contributed by atoms with Crippen LogP contribution in [-0.2, 0) is 14.3 Å². The normalized spacial score (nSPS) is 10.4. The van der Waals surface area contributed by atoms with Crippen molar-refractivity contribution in [1.82, 2.24) is 5.32 Å². The van der Waals surface area contributed by atoms with Crippen molar-refractivity contribution in [1.29, 1.82) is 0 Å². The molecule has 0 bridgehead atoms. The van der Waals surface area contributed by atoms with Crippen LogP contribution in [0.1, 0.15) is 17.5 Å². The SMILES string of the molecule is COCCOCCCNC(=O)COc1ccc(C)cc1C. The van der Waals surface area contributed by atoms with Gasteiger partial charge in [-0.25, -0.2) is 0 Å². The Kier molecular flexibility index (Phi) is 8.47. The zero-order chi connectivity index (χ0) is 15.5. The van der Waals surface area contributed by atoms with Gasteiger partial charge >= 0.3 is 0 Å². The molecular formula is C16H25NO4. The first-order valence-corrected chi connectivity index (χ1v) is 7.17. The third kappa shape index (κ3) is 7.68. The highest BCUT2D eigenvalue weighted by Gasteiger charge is 2.04. The Hall–Kier alpha value is -1.59. The van der Waals surface area contributed by atoms with Crippen LogP contribution in [0, 0.1) is 13.8 Å². The van der Waals surface area contributed by atoms with E-state index in [0.717, 1.165) is 17.7 Å². The average molecular weight is 295 g/mol. The molecule has 0 atom stereocenters. The number of amides is 1. The molecule has 0 spiro atoms. The molecule has 118 valence electrons. The minimum atomic E-state index is -0.119. The first-order valence-electron chi connectivity index (χ1n) is 7.17. The Labute approximate surface area is 126 Å².